The van der Waals surface area contributed by atoms with Gasteiger partial charge in [-0.05, 0) is 18.6 Å². The van der Waals surface area contributed by atoms with Crippen LogP contribution in [0.5, 0.6) is 5.75 Å². The molecule has 1 spiro atoms. The summed E-state index contributed by atoms with van der Waals surface area (Å²) < 4.78 is 84.1. The number of amides is 1. The Morgan fingerprint density at radius 3 is 2.48 bits per heavy atom. The number of halogens is 7. The summed E-state index contributed by atoms with van der Waals surface area (Å²) in [5.74, 6) is -8.83. The highest BCUT2D eigenvalue weighted by Crippen LogP contribution is 2.54. The number of aromatic nitrogens is 1. The van der Waals surface area contributed by atoms with E-state index >= 15 is 0 Å². The normalized spacial score (nSPS) is 28.9. The van der Waals surface area contributed by atoms with Gasteiger partial charge in [-0.3, -0.25) is 4.79 Å². The summed E-state index contributed by atoms with van der Waals surface area (Å²) in [4.78, 5) is 16.7. The molecule has 27 heavy (non-hydrogen) atoms. The maximum absolute atomic E-state index is 14.1. The molecule has 1 saturated carbocycles. The molecule has 1 aromatic rings. The van der Waals surface area contributed by atoms with Gasteiger partial charge in [-0.2, -0.15) is 8.78 Å². The van der Waals surface area contributed by atoms with Crippen LogP contribution in [0.4, 0.5) is 26.3 Å². The third kappa shape index (κ3) is 3.42. The van der Waals surface area contributed by atoms with Crippen molar-refractivity contribution in [3.05, 3.63) is 23.0 Å². The largest absolute Gasteiger partial charge is 0.432 e. The number of aliphatic hydroxyl groups excluding tert-OH is 1. The zero-order valence-corrected chi connectivity index (χ0v) is 14.2. The minimum atomic E-state index is -3.79. The Hall–Kier alpha value is -1.75. The Kier molecular flexibility index (Phi) is 4.74. The van der Waals surface area contributed by atoms with Gasteiger partial charge >= 0.3 is 6.61 Å². The summed E-state index contributed by atoms with van der Waals surface area (Å²) in [5, 5.41) is 9.35. The van der Waals surface area contributed by atoms with E-state index in [9.17, 15) is 36.2 Å². The Bertz CT molecular complexity index is 765. The molecule has 0 radical (unpaired) electrons. The Morgan fingerprint density at radius 2 is 1.96 bits per heavy atom. The van der Waals surface area contributed by atoms with E-state index in [4.69, 9.17) is 11.6 Å². The quantitative estimate of drug-likeness (QED) is 0.604. The second-order valence-electron chi connectivity index (χ2n) is 6.56. The van der Waals surface area contributed by atoms with Gasteiger partial charge in [-0.1, -0.05) is 11.6 Å². The Labute approximate surface area is 153 Å². The van der Waals surface area contributed by atoms with E-state index < -0.39 is 78.4 Å². The fourth-order valence-corrected chi connectivity index (χ4v) is 3.82. The topological polar surface area (TPSA) is 62.7 Å². The summed E-state index contributed by atoms with van der Waals surface area (Å²) in [6, 6.07) is 1.78. The molecule has 150 valence electrons. The molecule has 2 aliphatic rings. The molecule has 1 aliphatic carbocycles. The van der Waals surface area contributed by atoms with Crippen molar-refractivity contribution in [2.24, 2.45) is 0 Å². The van der Waals surface area contributed by atoms with E-state index in [1.54, 1.807) is 0 Å². The van der Waals surface area contributed by atoms with E-state index in [0.29, 0.717) is 4.90 Å². The lowest BCUT2D eigenvalue weighted by molar-refractivity contribution is -0.102. The molecule has 5 nitrogen and oxygen atoms in total. The lowest BCUT2D eigenvalue weighted by atomic mass is 9.89. The summed E-state index contributed by atoms with van der Waals surface area (Å²) in [6.45, 7) is -4.49. The Morgan fingerprint density at radius 1 is 1.30 bits per heavy atom. The number of hydrogen-bond donors (Lipinski definition) is 1. The average Bonchev–Trinajstić information content (AvgIpc) is 2.98. The van der Waals surface area contributed by atoms with Crippen LogP contribution in [0.3, 0.4) is 0 Å². The lowest BCUT2D eigenvalue weighted by Crippen LogP contribution is -2.53. The molecular formula is C15H13ClF6N2O3. The van der Waals surface area contributed by atoms with Crippen molar-refractivity contribution in [2.45, 2.75) is 49.4 Å². The van der Waals surface area contributed by atoms with E-state index in [-0.39, 0.29) is 0 Å². The van der Waals surface area contributed by atoms with Gasteiger partial charge in [0.2, 0.25) is 0 Å². The van der Waals surface area contributed by atoms with E-state index in [2.05, 4.69) is 9.72 Å². The number of nitrogens with zero attached hydrogens (tertiary/aromatic N) is 2. The molecule has 0 bridgehead atoms. The number of carbonyl (C=O) groups is 1. The van der Waals surface area contributed by atoms with Crippen molar-refractivity contribution < 1.29 is 41.0 Å². The highest BCUT2D eigenvalue weighted by atomic mass is 35.5. The van der Waals surface area contributed by atoms with Crippen LogP contribution in [-0.4, -0.2) is 57.5 Å². The molecular weight excluding hydrogens is 406 g/mol. The van der Waals surface area contributed by atoms with Crippen molar-refractivity contribution in [3.8, 4) is 5.75 Å². The molecule has 1 N–H and O–H groups in total. The highest BCUT2D eigenvalue weighted by Gasteiger charge is 2.69. The van der Waals surface area contributed by atoms with Gasteiger partial charge in [-0.15, -0.1) is 0 Å². The molecule has 0 aromatic carbocycles. The minimum absolute atomic E-state index is 0.477. The van der Waals surface area contributed by atoms with E-state index in [1.807, 2.05) is 0 Å². The smallest absolute Gasteiger partial charge is 0.387 e. The average molecular weight is 419 g/mol. The van der Waals surface area contributed by atoms with Crippen molar-refractivity contribution in [1.82, 2.24) is 9.88 Å². The van der Waals surface area contributed by atoms with Gasteiger partial charge in [0.1, 0.15) is 11.8 Å². The summed E-state index contributed by atoms with van der Waals surface area (Å²) in [5.41, 5.74) is -2.68. The van der Waals surface area contributed by atoms with Gasteiger partial charge in [0.25, 0.3) is 17.8 Å². The highest BCUT2D eigenvalue weighted by molar-refractivity contribution is 6.31. The Balaban J connectivity index is 1.94. The fourth-order valence-electron chi connectivity index (χ4n) is 3.62. The summed E-state index contributed by atoms with van der Waals surface area (Å²) in [6.07, 6.45) is -4.88. The van der Waals surface area contributed by atoms with Crippen molar-refractivity contribution >= 4 is 17.5 Å². The van der Waals surface area contributed by atoms with Gasteiger partial charge in [-0.25, -0.2) is 22.5 Å². The van der Waals surface area contributed by atoms with E-state index in [1.165, 1.54) is 0 Å². The number of aliphatic hydroxyl groups is 1. The number of ether oxygens (including phenoxy) is 1. The number of likely N-dealkylation sites (tertiary alicyclic amines) is 1. The first-order valence-corrected chi connectivity index (χ1v) is 8.13. The van der Waals surface area contributed by atoms with Crippen molar-refractivity contribution in [3.63, 3.8) is 0 Å². The molecule has 12 heteroatoms. The third-order valence-corrected chi connectivity index (χ3v) is 5.07. The van der Waals surface area contributed by atoms with Crippen LogP contribution in [0.2, 0.25) is 5.15 Å². The van der Waals surface area contributed by atoms with Crippen LogP contribution in [0.1, 0.15) is 29.8 Å². The standard InChI is InChI=1S/C15H13ClF6N2O3/c16-9-8(27-12(17)18)2-1-7(23-9)10(25)24-6-15(21,22)11(26)13(24)3-4-14(19,20)5-13/h1-2,11-12,26H,3-6H2/t11-,13-/m0/s1. The molecule has 1 amide bonds. The van der Waals surface area contributed by atoms with Crippen LogP contribution in [0, 0.1) is 0 Å². The van der Waals surface area contributed by atoms with Crippen LogP contribution >= 0.6 is 11.6 Å². The molecule has 2 fully saturated rings. The molecule has 0 unspecified atom stereocenters. The van der Waals surface area contributed by atoms with Gasteiger partial charge in [0.15, 0.2) is 10.9 Å². The van der Waals surface area contributed by atoms with Crippen LogP contribution in [0.15, 0.2) is 12.1 Å². The predicted octanol–water partition coefficient (Wildman–Crippen LogP) is 3.35. The van der Waals surface area contributed by atoms with Crippen molar-refractivity contribution in [1.29, 1.82) is 0 Å². The number of pyridine rings is 1. The molecule has 2 heterocycles. The first kappa shape index (κ1) is 20.0. The first-order chi connectivity index (χ1) is 12.4. The molecule has 1 saturated heterocycles. The molecule has 1 aliphatic heterocycles. The molecule has 2 atom stereocenters. The lowest BCUT2D eigenvalue weighted by Gasteiger charge is -2.36. The zero-order valence-electron chi connectivity index (χ0n) is 13.4. The number of carbonyl (C=O) groups excluding carboxylic acids is 1. The zero-order chi connectivity index (χ0) is 20.2. The van der Waals surface area contributed by atoms with Gasteiger partial charge in [0.05, 0.1) is 12.1 Å². The SMILES string of the molecule is O=C(c1ccc(OC(F)F)c(Cl)n1)N1CC(F)(F)[C@@H](O)[C@@]12CCC(F)(F)C2. The molecule has 1 aromatic heterocycles. The summed E-state index contributed by atoms with van der Waals surface area (Å²) >= 11 is 5.65. The monoisotopic (exact) mass is 418 g/mol. The van der Waals surface area contributed by atoms with Crippen LogP contribution in [-0.2, 0) is 0 Å². The number of hydrogen-bond acceptors (Lipinski definition) is 4. The first-order valence-electron chi connectivity index (χ1n) is 7.75. The van der Waals surface area contributed by atoms with Crippen LogP contribution < -0.4 is 4.74 Å². The van der Waals surface area contributed by atoms with Crippen LogP contribution in [0.25, 0.3) is 0 Å². The van der Waals surface area contributed by atoms with Crippen molar-refractivity contribution in [2.75, 3.05) is 6.54 Å². The van der Waals surface area contributed by atoms with Gasteiger partial charge in [0, 0.05) is 12.8 Å². The third-order valence-electron chi connectivity index (χ3n) is 4.80. The fraction of sp³-hybridized carbons (Fsp3) is 0.600. The number of alkyl halides is 6. The maximum atomic E-state index is 14.1. The maximum Gasteiger partial charge on any atom is 0.387 e. The second-order valence-corrected chi connectivity index (χ2v) is 6.91. The summed E-state index contributed by atoms with van der Waals surface area (Å²) in [7, 11) is 0. The number of rotatable bonds is 3. The predicted molar refractivity (Wildman–Crippen MR) is 79.4 cm³/mol. The van der Waals surface area contributed by atoms with E-state index in [0.717, 1.165) is 12.1 Å². The minimum Gasteiger partial charge on any atom is -0.432 e. The van der Waals surface area contributed by atoms with Gasteiger partial charge < -0.3 is 14.7 Å². The second kappa shape index (κ2) is 6.40. The molecule has 3 rings (SSSR count).